The molecular formula is C22H18N2O5S. The second-order valence-corrected chi connectivity index (χ2v) is 7.47. The molecule has 0 spiro atoms. The molecule has 30 heavy (non-hydrogen) atoms. The minimum atomic E-state index is -0.743. The van der Waals surface area contributed by atoms with Crippen molar-refractivity contribution in [1.29, 1.82) is 0 Å². The standard InChI is InChI=1S/C22H18N2O5S/c1-2-26-17-9-5-6-13-10-18(29-20(13)17)14-12-30-22(23-14)24-21(25)19-11-27-15-7-3-4-8-16(15)28-19/h3-10,12,19H,2,11H2,1H3,(H,23,24,25)/t19-/m0/s1. The number of hydrogen-bond donors (Lipinski definition) is 1. The Morgan fingerprint density at radius 2 is 2.10 bits per heavy atom. The Hall–Kier alpha value is -3.52. The molecule has 1 atom stereocenters. The van der Waals surface area contributed by atoms with Crippen LogP contribution in [0.4, 0.5) is 5.13 Å². The fraction of sp³-hybridized carbons (Fsp3) is 0.182. The Balaban J connectivity index is 1.32. The number of rotatable bonds is 5. The van der Waals surface area contributed by atoms with Gasteiger partial charge in [0.25, 0.3) is 5.91 Å². The van der Waals surface area contributed by atoms with E-state index in [1.54, 1.807) is 12.1 Å². The quantitative estimate of drug-likeness (QED) is 0.501. The molecule has 0 bridgehead atoms. The summed E-state index contributed by atoms with van der Waals surface area (Å²) in [5.41, 5.74) is 1.32. The molecule has 2 aromatic carbocycles. The number of aromatic nitrogens is 1. The third-order valence-electron chi connectivity index (χ3n) is 4.60. The molecule has 5 rings (SSSR count). The first-order valence-corrected chi connectivity index (χ1v) is 10.4. The highest BCUT2D eigenvalue weighted by Gasteiger charge is 2.28. The van der Waals surface area contributed by atoms with Gasteiger partial charge in [-0.15, -0.1) is 11.3 Å². The van der Waals surface area contributed by atoms with Gasteiger partial charge in [-0.2, -0.15) is 0 Å². The lowest BCUT2D eigenvalue weighted by Gasteiger charge is -2.25. The summed E-state index contributed by atoms with van der Waals surface area (Å²) in [6.07, 6.45) is -0.743. The Morgan fingerprint density at radius 3 is 2.97 bits per heavy atom. The Bertz CT molecular complexity index is 1220. The van der Waals surface area contributed by atoms with Gasteiger partial charge in [-0.1, -0.05) is 24.3 Å². The van der Waals surface area contributed by atoms with Crippen molar-refractivity contribution in [3.8, 4) is 28.7 Å². The van der Waals surface area contributed by atoms with Crippen LogP contribution in [-0.2, 0) is 4.79 Å². The zero-order valence-corrected chi connectivity index (χ0v) is 16.9. The molecule has 0 fully saturated rings. The number of nitrogens with one attached hydrogen (secondary N) is 1. The Kier molecular flexibility index (Phi) is 4.76. The van der Waals surface area contributed by atoms with Crippen molar-refractivity contribution < 1.29 is 23.4 Å². The summed E-state index contributed by atoms with van der Waals surface area (Å²) in [6, 6.07) is 14.9. The number of amides is 1. The summed E-state index contributed by atoms with van der Waals surface area (Å²) in [6.45, 7) is 2.63. The predicted molar refractivity (Wildman–Crippen MR) is 113 cm³/mol. The number of para-hydroxylation sites is 3. The number of carbonyl (C=O) groups is 1. The molecule has 0 aliphatic carbocycles. The molecule has 1 amide bonds. The predicted octanol–water partition coefficient (Wildman–Crippen LogP) is 4.73. The Morgan fingerprint density at radius 1 is 1.23 bits per heavy atom. The van der Waals surface area contributed by atoms with E-state index in [1.807, 2.05) is 48.7 Å². The highest BCUT2D eigenvalue weighted by molar-refractivity contribution is 7.14. The first kappa shape index (κ1) is 18.5. The highest BCUT2D eigenvalue weighted by atomic mass is 32.1. The van der Waals surface area contributed by atoms with Crippen molar-refractivity contribution in [2.45, 2.75) is 13.0 Å². The molecule has 1 N–H and O–H groups in total. The number of benzene rings is 2. The normalized spacial score (nSPS) is 15.2. The lowest BCUT2D eigenvalue weighted by molar-refractivity contribution is -0.125. The topological polar surface area (TPSA) is 82.8 Å². The van der Waals surface area contributed by atoms with E-state index >= 15 is 0 Å². The van der Waals surface area contributed by atoms with E-state index in [9.17, 15) is 4.79 Å². The summed E-state index contributed by atoms with van der Waals surface area (Å²) in [5, 5.41) is 6.02. The zero-order valence-electron chi connectivity index (χ0n) is 16.1. The van der Waals surface area contributed by atoms with E-state index in [4.69, 9.17) is 18.6 Å². The molecule has 1 aliphatic rings. The van der Waals surface area contributed by atoms with E-state index in [2.05, 4.69) is 10.3 Å². The van der Waals surface area contributed by atoms with Crippen LogP contribution in [0.5, 0.6) is 17.2 Å². The van der Waals surface area contributed by atoms with Crippen LogP contribution in [0.2, 0.25) is 0 Å². The number of fused-ring (bicyclic) bond motifs is 2. The van der Waals surface area contributed by atoms with Crippen LogP contribution >= 0.6 is 11.3 Å². The minimum Gasteiger partial charge on any atom is -0.490 e. The van der Waals surface area contributed by atoms with E-state index in [-0.39, 0.29) is 12.5 Å². The summed E-state index contributed by atoms with van der Waals surface area (Å²) in [7, 11) is 0. The number of ether oxygens (including phenoxy) is 3. The summed E-state index contributed by atoms with van der Waals surface area (Å²) in [5.74, 6) is 2.18. The Labute approximate surface area is 176 Å². The van der Waals surface area contributed by atoms with Crippen molar-refractivity contribution in [3.05, 3.63) is 53.9 Å². The molecular weight excluding hydrogens is 404 g/mol. The van der Waals surface area contributed by atoms with Crippen molar-refractivity contribution in [1.82, 2.24) is 4.98 Å². The van der Waals surface area contributed by atoms with Gasteiger partial charge in [-0.25, -0.2) is 4.98 Å². The third kappa shape index (κ3) is 3.46. The molecule has 152 valence electrons. The van der Waals surface area contributed by atoms with Gasteiger partial charge < -0.3 is 18.6 Å². The second kappa shape index (κ2) is 7.72. The summed E-state index contributed by atoms with van der Waals surface area (Å²) in [4.78, 5) is 17.1. The second-order valence-electron chi connectivity index (χ2n) is 6.61. The monoisotopic (exact) mass is 422 g/mol. The number of hydrogen-bond acceptors (Lipinski definition) is 7. The van der Waals surface area contributed by atoms with Crippen LogP contribution in [0.3, 0.4) is 0 Å². The first-order valence-electron chi connectivity index (χ1n) is 9.52. The van der Waals surface area contributed by atoms with Gasteiger partial charge in [0.15, 0.2) is 33.7 Å². The van der Waals surface area contributed by atoms with Gasteiger partial charge in [-0.05, 0) is 31.2 Å². The van der Waals surface area contributed by atoms with Gasteiger partial charge in [0.2, 0.25) is 6.10 Å². The molecule has 1 aliphatic heterocycles. The molecule has 0 saturated heterocycles. The van der Waals surface area contributed by atoms with Crippen LogP contribution < -0.4 is 19.5 Å². The number of carbonyl (C=O) groups excluding carboxylic acids is 1. The lowest BCUT2D eigenvalue weighted by Crippen LogP contribution is -2.40. The summed E-state index contributed by atoms with van der Waals surface area (Å²) < 4.78 is 22.9. The molecule has 0 saturated carbocycles. The van der Waals surface area contributed by atoms with Crippen LogP contribution in [0.1, 0.15) is 6.92 Å². The van der Waals surface area contributed by atoms with Crippen LogP contribution in [-0.4, -0.2) is 30.2 Å². The van der Waals surface area contributed by atoms with Gasteiger partial charge in [0.05, 0.1) is 6.61 Å². The van der Waals surface area contributed by atoms with E-state index in [0.29, 0.717) is 46.0 Å². The minimum absolute atomic E-state index is 0.144. The zero-order chi connectivity index (χ0) is 20.5. The first-order chi connectivity index (χ1) is 14.7. The average Bonchev–Trinajstić information content (AvgIpc) is 3.41. The van der Waals surface area contributed by atoms with Crippen molar-refractivity contribution in [2.75, 3.05) is 18.5 Å². The number of anilines is 1. The SMILES string of the molecule is CCOc1cccc2cc(-c3csc(NC(=O)[C@@H]4COc5ccccc5O4)n3)oc12. The number of thiazole rings is 1. The fourth-order valence-electron chi connectivity index (χ4n) is 3.21. The lowest BCUT2D eigenvalue weighted by atomic mass is 10.2. The van der Waals surface area contributed by atoms with Crippen molar-refractivity contribution >= 4 is 33.3 Å². The molecule has 2 aromatic heterocycles. The van der Waals surface area contributed by atoms with Crippen LogP contribution in [0.25, 0.3) is 22.4 Å². The smallest absolute Gasteiger partial charge is 0.270 e. The van der Waals surface area contributed by atoms with Gasteiger partial charge in [0.1, 0.15) is 12.3 Å². The number of nitrogens with zero attached hydrogens (tertiary/aromatic N) is 1. The summed E-state index contributed by atoms with van der Waals surface area (Å²) >= 11 is 1.32. The van der Waals surface area contributed by atoms with Crippen LogP contribution in [0.15, 0.2) is 58.3 Å². The van der Waals surface area contributed by atoms with Gasteiger partial charge in [0, 0.05) is 10.8 Å². The molecule has 8 heteroatoms. The third-order valence-corrected chi connectivity index (χ3v) is 5.35. The molecule has 3 heterocycles. The maximum Gasteiger partial charge on any atom is 0.270 e. The van der Waals surface area contributed by atoms with Gasteiger partial charge >= 0.3 is 0 Å². The molecule has 0 unspecified atom stereocenters. The van der Waals surface area contributed by atoms with Gasteiger partial charge in [-0.3, -0.25) is 10.1 Å². The average molecular weight is 422 g/mol. The molecule has 4 aromatic rings. The van der Waals surface area contributed by atoms with E-state index in [1.165, 1.54) is 11.3 Å². The largest absolute Gasteiger partial charge is 0.490 e. The van der Waals surface area contributed by atoms with Crippen molar-refractivity contribution in [2.24, 2.45) is 0 Å². The molecule has 7 nitrogen and oxygen atoms in total. The number of furan rings is 1. The van der Waals surface area contributed by atoms with E-state index in [0.717, 1.165) is 5.39 Å². The highest BCUT2D eigenvalue weighted by Crippen LogP contribution is 2.35. The maximum atomic E-state index is 12.6. The molecule has 0 radical (unpaired) electrons. The van der Waals surface area contributed by atoms with Crippen LogP contribution in [0, 0.1) is 0 Å². The maximum absolute atomic E-state index is 12.6. The van der Waals surface area contributed by atoms with Crippen molar-refractivity contribution in [3.63, 3.8) is 0 Å². The fourth-order valence-corrected chi connectivity index (χ4v) is 3.91. The van der Waals surface area contributed by atoms with E-state index < -0.39 is 6.10 Å².